The highest BCUT2D eigenvalue weighted by Crippen LogP contribution is 2.21. The normalized spacial score (nSPS) is 9.74. The van der Waals surface area contributed by atoms with Crippen molar-refractivity contribution in [3.8, 4) is 23.8 Å². The van der Waals surface area contributed by atoms with E-state index in [-0.39, 0.29) is 5.82 Å². The Bertz CT molecular complexity index is 597. The van der Waals surface area contributed by atoms with Crippen LogP contribution >= 0.6 is 0 Å². The topological polar surface area (TPSA) is 18.5 Å². The third-order valence-electron chi connectivity index (χ3n) is 2.65. The molecule has 0 unspecified atom stereocenters. The highest BCUT2D eigenvalue weighted by Gasteiger charge is 2.04. The summed E-state index contributed by atoms with van der Waals surface area (Å²) in [6, 6.07) is 11.6. The van der Waals surface area contributed by atoms with Crippen LogP contribution in [-0.2, 0) is 6.61 Å². The van der Waals surface area contributed by atoms with E-state index in [1.165, 1.54) is 18.2 Å². The molecule has 0 spiro atoms. The van der Waals surface area contributed by atoms with Crippen LogP contribution in [-0.4, -0.2) is 7.11 Å². The Balaban J connectivity index is 2.09. The molecule has 0 fully saturated rings. The van der Waals surface area contributed by atoms with Gasteiger partial charge in [-0.15, -0.1) is 6.42 Å². The highest BCUT2D eigenvalue weighted by atomic mass is 19.1. The maximum Gasteiger partial charge on any atom is 0.138 e. The van der Waals surface area contributed by atoms with Gasteiger partial charge in [-0.25, -0.2) is 4.39 Å². The van der Waals surface area contributed by atoms with Gasteiger partial charge in [-0.1, -0.05) is 18.1 Å². The number of methoxy groups -OCH3 is 1. The van der Waals surface area contributed by atoms with Crippen molar-refractivity contribution >= 4 is 0 Å². The van der Waals surface area contributed by atoms with E-state index in [1.54, 1.807) is 7.11 Å². The van der Waals surface area contributed by atoms with Gasteiger partial charge in [0.25, 0.3) is 0 Å². The van der Waals surface area contributed by atoms with Gasteiger partial charge in [-0.05, 0) is 29.8 Å². The van der Waals surface area contributed by atoms with E-state index in [0.29, 0.717) is 17.9 Å². The molecule has 2 rings (SSSR count). The first-order valence-corrected chi connectivity index (χ1v) is 5.75. The molecule has 0 bridgehead atoms. The molecule has 19 heavy (non-hydrogen) atoms. The molecular weight excluding hydrogens is 243 g/mol. The predicted octanol–water partition coefficient (Wildman–Crippen LogP) is 3.39. The molecule has 0 aliphatic carbocycles. The lowest BCUT2D eigenvalue weighted by Crippen LogP contribution is -1.98. The van der Waals surface area contributed by atoms with E-state index in [0.717, 1.165) is 11.3 Å². The summed E-state index contributed by atoms with van der Waals surface area (Å²) in [5.74, 6) is 3.24. The molecule has 0 N–H and O–H groups in total. The van der Waals surface area contributed by atoms with E-state index >= 15 is 0 Å². The number of ether oxygens (including phenoxy) is 2. The van der Waals surface area contributed by atoms with Gasteiger partial charge in [0.05, 0.1) is 12.7 Å². The minimum atomic E-state index is -0.372. The van der Waals surface area contributed by atoms with Gasteiger partial charge in [0, 0.05) is 6.07 Å². The molecule has 3 heteroatoms. The minimum Gasteiger partial charge on any atom is -0.497 e. The second kappa shape index (κ2) is 5.92. The molecule has 0 heterocycles. The lowest BCUT2D eigenvalue weighted by Gasteiger charge is -2.09. The standard InChI is InChI=1S/C16H13FO2/c1-3-13-6-7-14(17)10-16(13)19-11-12-4-8-15(18-2)9-5-12/h1,4-10H,11H2,2H3. The largest absolute Gasteiger partial charge is 0.497 e. The zero-order chi connectivity index (χ0) is 13.7. The molecule has 0 amide bonds. The smallest absolute Gasteiger partial charge is 0.138 e. The third-order valence-corrected chi connectivity index (χ3v) is 2.65. The van der Waals surface area contributed by atoms with Crippen LogP contribution in [0.4, 0.5) is 4.39 Å². The monoisotopic (exact) mass is 256 g/mol. The second-order valence-electron chi connectivity index (χ2n) is 3.92. The third kappa shape index (κ3) is 3.26. The van der Waals surface area contributed by atoms with Crippen molar-refractivity contribution in [3.63, 3.8) is 0 Å². The first-order valence-electron chi connectivity index (χ1n) is 5.75. The maximum atomic E-state index is 13.1. The number of hydrogen-bond donors (Lipinski definition) is 0. The number of rotatable bonds is 4. The van der Waals surface area contributed by atoms with Gasteiger partial charge in [0.1, 0.15) is 23.9 Å². The summed E-state index contributed by atoms with van der Waals surface area (Å²) >= 11 is 0. The molecule has 0 saturated carbocycles. The Kier molecular flexibility index (Phi) is 4.04. The summed E-state index contributed by atoms with van der Waals surface area (Å²) in [5, 5.41) is 0. The molecule has 2 aromatic carbocycles. The van der Waals surface area contributed by atoms with E-state index in [4.69, 9.17) is 15.9 Å². The summed E-state index contributed by atoms with van der Waals surface area (Å²) < 4.78 is 23.8. The van der Waals surface area contributed by atoms with Gasteiger partial charge in [-0.2, -0.15) is 0 Å². The summed E-state index contributed by atoms with van der Waals surface area (Å²) in [4.78, 5) is 0. The van der Waals surface area contributed by atoms with Crippen molar-refractivity contribution in [2.24, 2.45) is 0 Å². The van der Waals surface area contributed by atoms with Crippen LogP contribution in [0.3, 0.4) is 0 Å². The fourth-order valence-corrected chi connectivity index (χ4v) is 1.62. The molecule has 0 saturated heterocycles. The lowest BCUT2D eigenvalue weighted by molar-refractivity contribution is 0.303. The van der Waals surface area contributed by atoms with Gasteiger partial charge in [-0.3, -0.25) is 0 Å². The Morgan fingerprint density at radius 2 is 1.89 bits per heavy atom. The SMILES string of the molecule is C#Cc1ccc(F)cc1OCc1ccc(OC)cc1. The molecule has 0 aliphatic heterocycles. The zero-order valence-electron chi connectivity index (χ0n) is 10.5. The summed E-state index contributed by atoms with van der Waals surface area (Å²) in [6.07, 6.45) is 5.34. The average molecular weight is 256 g/mol. The quantitative estimate of drug-likeness (QED) is 0.781. The second-order valence-corrected chi connectivity index (χ2v) is 3.92. The van der Waals surface area contributed by atoms with E-state index < -0.39 is 0 Å². The molecule has 0 radical (unpaired) electrons. The van der Waals surface area contributed by atoms with Gasteiger partial charge >= 0.3 is 0 Å². The fraction of sp³-hybridized carbons (Fsp3) is 0.125. The van der Waals surface area contributed by atoms with Crippen LogP contribution in [0.1, 0.15) is 11.1 Å². The van der Waals surface area contributed by atoms with Crippen molar-refractivity contribution in [2.45, 2.75) is 6.61 Å². The predicted molar refractivity (Wildman–Crippen MR) is 71.7 cm³/mol. The van der Waals surface area contributed by atoms with Crippen molar-refractivity contribution in [2.75, 3.05) is 7.11 Å². The first kappa shape index (κ1) is 13.0. The number of benzene rings is 2. The minimum absolute atomic E-state index is 0.322. The van der Waals surface area contributed by atoms with E-state index in [1.807, 2.05) is 24.3 Å². The van der Waals surface area contributed by atoms with E-state index in [2.05, 4.69) is 5.92 Å². The van der Waals surface area contributed by atoms with Gasteiger partial charge in [0.15, 0.2) is 0 Å². The van der Waals surface area contributed by atoms with Gasteiger partial charge < -0.3 is 9.47 Å². The Labute approximate surface area is 111 Å². The molecule has 0 aromatic heterocycles. The Hall–Kier alpha value is -2.47. The van der Waals surface area contributed by atoms with Crippen LogP contribution < -0.4 is 9.47 Å². The number of halogens is 1. The van der Waals surface area contributed by atoms with Crippen LogP contribution in [0, 0.1) is 18.2 Å². The zero-order valence-corrected chi connectivity index (χ0v) is 10.5. The van der Waals surface area contributed by atoms with E-state index in [9.17, 15) is 4.39 Å². The van der Waals surface area contributed by atoms with Crippen LogP contribution in [0.5, 0.6) is 11.5 Å². The molecule has 2 aromatic rings. The summed E-state index contributed by atoms with van der Waals surface area (Å²) in [5.41, 5.74) is 1.49. The number of terminal acetylenes is 1. The fourth-order valence-electron chi connectivity index (χ4n) is 1.62. The lowest BCUT2D eigenvalue weighted by atomic mass is 10.2. The molecule has 0 atom stereocenters. The van der Waals surface area contributed by atoms with Crippen molar-refractivity contribution in [3.05, 3.63) is 59.4 Å². The maximum absolute atomic E-state index is 13.1. The molecule has 96 valence electrons. The van der Waals surface area contributed by atoms with Crippen LogP contribution in [0.2, 0.25) is 0 Å². The molecule has 0 aliphatic rings. The Morgan fingerprint density at radius 1 is 1.16 bits per heavy atom. The van der Waals surface area contributed by atoms with Crippen LogP contribution in [0.25, 0.3) is 0 Å². The highest BCUT2D eigenvalue weighted by molar-refractivity contribution is 5.45. The summed E-state index contributed by atoms with van der Waals surface area (Å²) in [6.45, 7) is 0.322. The van der Waals surface area contributed by atoms with Crippen molar-refractivity contribution in [1.29, 1.82) is 0 Å². The van der Waals surface area contributed by atoms with Crippen LogP contribution in [0.15, 0.2) is 42.5 Å². The molecular formula is C16H13FO2. The molecule has 2 nitrogen and oxygen atoms in total. The van der Waals surface area contributed by atoms with Gasteiger partial charge in [0.2, 0.25) is 0 Å². The summed E-state index contributed by atoms with van der Waals surface area (Å²) in [7, 11) is 1.61. The van der Waals surface area contributed by atoms with Crippen molar-refractivity contribution < 1.29 is 13.9 Å². The van der Waals surface area contributed by atoms with Crippen molar-refractivity contribution in [1.82, 2.24) is 0 Å². The average Bonchev–Trinajstić information content (AvgIpc) is 2.46. The Morgan fingerprint density at radius 3 is 2.53 bits per heavy atom. The first-order chi connectivity index (χ1) is 9.22. The number of hydrogen-bond acceptors (Lipinski definition) is 2.